The number of thioether (sulfide) groups is 1. The maximum atomic E-state index is 12.4. The predicted octanol–water partition coefficient (Wildman–Crippen LogP) is 3.68. The van der Waals surface area contributed by atoms with Gasteiger partial charge in [0.2, 0.25) is 11.1 Å². The summed E-state index contributed by atoms with van der Waals surface area (Å²) in [5.41, 5.74) is 2.77. The molecule has 0 radical (unpaired) electrons. The zero-order valence-electron chi connectivity index (χ0n) is 16.1. The first-order chi connectivity index (χ1) is 14.0. The number of hydrogen-bond acceptors (Lipinski definition) is 6. The standard InChI is InChI=1S/C21H21N5O2S/c1-13-7-3-5-9-16(13)20-24-25-21(26(20)22)29-12-19(27)23-14(2)18-11-15-8-4-6-10-17(15)28-18/h3-11,14H,12,22H2,1-2H3,(H,23,27)/t14-/m1/s1. The Labute approximate surface area is 172 Å². The van der Waals surface area contributed by atoms with Gasteiger partial charge in [0.1, 0.15) is 11.3 Å². The number of benzene rings is 2. The number of carbonyl (C=O) groups is 1. The highest BCUT2D eigenvalue weighted by atomic mass is 32.2. The first-order valence-electron chi connectivity index (χ1n) is 9.20. The van der Waals surface area contributed by atoms with Crippen LogP contribution >= 0.6 is 11.8 Å². The van der Waals surface area contributed by atoms with Crippen molar-refractivity contribution in [1.29, 1.82) is 0 Å². The Hall–Kier alpha value is -3.26. The summed E-state index contributed by atoms with van der Waals surface area (Å²) in [6, 6.07) is 17.3. The molecule has 4 aromatic rings. The summed E-state index contributed by atoms with van der Waals surface area (Å²) in [4.78, 5) is 12.4. The highest BCUT2D eigenvalue weighted by Gasteiger charge is 2.17. The van der Waals surface area contributed by atoms with E-state index >= 15 is 0 Å². The minimum Gasteiger partial charge on any atom is -0.459 e. The van der Waals surface area contributed by atoms with Crippen LogP contribution in [0.5, 0.6) is 0 Å². The van der Waals surface area contributed by atoms with E-state index in [1.165, 1.54) is 16.4 Å². The lowest BCUT2D eigenvalue weighted by molar-refractivity contribution is -0.119. The second kappa shape index (κ2) is 8.00. The molecule has 2 aromatic heterocycles. The first-order valence-corrected chi connectivity index (χ1v) is 10.2. The Morgan fingerprint density at radius 3 is 2.76 bits per heavy atom. The third-order valence-corrected chi connectivity index (χ3v) is 5.57. The van der Waals surface area contributed by atoms with Crippen LogP contribution in [0.3, 0.4) is 0 Å². The van der Waals surface area contributed by atoms with Gasteiger partial charge in [0.25, 0.3) is 0 Å². The number of aromatic nitrogens is 3. The molecule has 0 aliphatic rings. The molecule has 0 unspecified atom stereocenters. The van der Waals surface area contributed by atoms with Gasteiger partial charge >= 0.3 is 0 Å². The normalized spacial score (nSPS) is 12.2. The molecule has 29 heavy (non-hydrogen) atoms. The summed E-state index contributed by atoms with van der Waals surface area (Å²) in [6.45, 7) is 3.88. The van der Waals surface area contributed by atoms with E-state index in [1.54, 1.807) is 0 Å². The van der Waals surface area contributed by atoms with Crippen LogP contribution in [0.4, 0.5) is 0 Å². The van der Waals surface area contributed by atoms with Crippen LogP contribution in [0, 0.1) is 6.92 Å². The Bertz CT molecular complexity index is 1130. The minimum absolute atomic E-state index is 0.136. The maximum absolute atomic E-state index is 12.4. The summed E-state index contributed by atoms with van der Waals surface area (Å²) >= 11 is 1.24. The number of nitrogens with one attached hydrogen (secondary N) is 1. The predicted molar refractivity (Wildman–Crippen MR) is 114 cm³/mol. The van der Waals surface area contributed by atoms with E-state index in [2.05, 4.69) is 15.5 Å². The number of fused-ring (bicyclic) bond motifs is 1. The van der Waals surface area contributed by atoms with E-state index in [-0.39, 0.29) is 17.7 Å². The van der Waals surface area contributed by atoms with Gasteiger partial charge in [-0.1, -0.05) is 54.2 Å². The van der Waals surface area contributed by atoms with Gasteiger partial charge in [0.15, 0.2) is 5.82 Å². The molecular weight excluding hydrogens is 386 g/mol. The molecule has 7 nitrogen and oxygen atoms in total. The fraction of sp³-hybridized carbons (Fsp3) is 0.190. The summed E-state index contributed by atoms with van der Waals surface area (Å²) in [5.74, 6) is 7.48. The number of carbonyl (C=O) groups excluding carboxylic acids is 1. The molecule has 0 spiro atoms. The maximum Gasteiger partial charge on any atom is 0.231 e. The smallest absolute Gasteiger partial charge is 0.231 e. The number of furan rings is 1. The zero-order chi connectivity index (χ0) is 20.4. The molecule has 1 atom stereocenters. The molecule has 0 aliphatic heterocycles. The third kappa shape index (κ3) is 3.97. The van der Waals surface area contributed by atoms with E-state index in [1.807, 2.05) is 68.4 Å². The number of nitrogens with zero attached hydrogens (tertiary/aromatic N) is 3. The summed E-state index contributed by atoms with van der Waals surface area (Å²) in [7, 11) is 0. The highest BCUT2D eigenvalue weighted by molar-refractivity contribution is 7.99. The Kier molecular flexibility index (Phi) is 5.26. The molecular formula is C21H21N5O2S. The molecule has 8 heteroatoms. The number of para-hydroxylation sites is 1. The summed E-state index contributed by atoms with van der Waals surface area (Å²) < 4.78 is 7.23. The number of amides is 1. The van der Waals surface area contributed by atoms with Crippen LogP contribution in [0.15, 0.2) is 64.2 Å². The fourth-order valence-electron chi connectivity index (χ4n) is 3.08. The largest absolute Gasteiger partial charge is 0.459 e. The van der Waals surface area contributed by atoms with Gasteiger partial charge < -0.3 is 15.6 Å². The third-order valence-electron chi connectivity index (χ3n) is 4.63. The molecule has 0 aliphatic carbocycles. The molecule has 0 saturated carbocycles. The minimum atomic E-state index is -0.242. The van der Waals surface area contributed by atoms with E-state index < -0.39 is 0 Å². The van der Waals surface area contributed by atoms with Crippen LogP contribution in [0.25, 0.3) is 22.4 Å². The van der Waals surface area contributed by atoms with Crippen molar-refractivity contribution in [2.24, 2.45) is 0 Å². The van der Waals surface area contributed by atoms with Gasteiger partial charge in [-0.15, -0.1) is 10.2 Å². The molecule has 0 fully saturated rings. The van der Waals surface area contributed by atoms with E-state index in [0.717, 1.165) is 22.1 Å². The van der Waals surface area contributed by atoms with Gasteiger partial charge in [-0.25, -0.2) is 4.68 Å². The van der Waals surface area contributed by atoms with E-state index in [4.69, 9.17) is 10.3 Å². The number of aryl methyl sites for hydroxylation is 1. The lowest BCUT2D eigenvalue weighted by Crippen LogP contribution is -2.28. The van der Waals surface area contributed by atoms with Crippen molar-refractivity contribution >= 4 is 28.6 Å². The molecule has 4 rings (SSSR count). The quantitative estimate of drug-likeness (QED) is 0.374. The summed E-state index contributed by atoms with van der Waals surface area (Å²) in [6.07, 6.45) is 0. The van der Waals surface area contributed by atoms with Crippen LogP contribution in [0.2, 0.25) is 0 Å². The SMILES string of the molecule is Cc1ccccc1-c1nnc(SCC(=O)N[C@H](C)c2cc3ccccc3o2)n1N. The Balaban J connectivity index is 1.39. The van der Waals surface area contributed by atoms with Crippen molar-refractivity contribution in [1.82, 2.24) is 20.2 Å². The Morgan fingerprint density at radius 1 is 1.21 bits per heavy atom. The van der Waals surface area contributed by atoms with Gasteiger partial charge in [0, 0.05) is 10.9 Å². The molecule has 2 heterocycles. The lowest BCUT2D eigenvalue weighted by atomic mass is 10.1. The summed E-state index contributed by atoms with van der Waals surface area (Å²) in [5, 5.41) is 12.7. The van der Waals surface area contributed by atoms with Crippen molar-refractivity contribution in [3.8, 4) is 11.4 Å². The second-order valence-corrected chi connectivity index (χ2v) is 7.70. The van der Waals surface area contributed by atoms with Crippen molar-refractivity contribution < 1.29 is 9.21 Å². The van der Waals surface area contributed by atoms with Crippen molar-refractivity contribution in [2.45, 2.75) is 25.0 Å². The van der Waals surface area contributed by atoms with Gasteiger partial charge in [-0.3, -0.25) is 4.79 Å². The van der Waals surface area contributed by atoms with Gasteiger partial charge in [0.05, 0.1) is 11.8 Å². The molecule has 3 N–H and O–H groups in total. The second-order valence-electron chi connectivity index (χ2n) is 6.76. The molecule has 1 amide bonds. The van der Waals surface area contributed by atoms with Crippen LogP contribution in [-0.2, 0) is 4.79 Å². The van der Waals surface area contributed by atoms with E-state index in [0.29, 0.717) is 16.7 Å². The van der Waals surface area contributed by atoms with E-state index in [9.17, 15) is 4.79 Å². The van der Waals surface area contributed by atoms with Crippen LogP contribution in [0.1, 0.15) is 24.3 Å². The van der Waals surface area contributed by atoms with Gasteiger partial charge in [-0.2, -0.15) is 0 Å². The fourth-order valence-corrected chi connectivity index (χ4v) is 3.75. The lowest BCUT2D eigenvalue weighted by Gasteiger charge is -2.11. The number of nitrogen functional groups attached to an aromatic ring is 1. The topological polar surface area (TPSA) is 99.0 Å². The molecule has 2 aromatic carbocycles. The number of nitrogens with two attached hydrogens (primary N) is 1. The highest BCUT2D eigenvalue weighted by Crippen LogP contribution is 2.25. The zero-order valence-corrected chi connectivity index (χ0v) is 16.9. The Morgan fingerprint density at radius 2 is 1.97 bits per heavy atom. The molecule has 0 bridgehead atoms. The van der Waals surface area contributed by atoms with Gasteiger partial charge in [-0.05, 0) is 31.5 Å². The monoisotopic (exact) mass is 407 g/mol. The van der Waals surface area contributed by atoms with Crippen molar-refractivity contribution in [3.63, 3.8) is 0 Å². The molecule has 148 valence electrons. The molecule has 0 saturated heterocycles. The van der Waals surface area contributed by atoms with Crippen LogP contribution < -0.4 is 11.2 Å². The van der Waals surface area contributed by atoms with Crippen molar-refractivity contribution in [3.05, 3.63) is 65.9 Å². The van der Waals surface area contributed by atoms with Crippen molar-refractivity contribution in [2.75, 3.05) is 11.6 Å². The number of hydrogen-bond donors (Lipinski definition) is 2. The number of rotatable bonds is 6. The van der Waals surface area contributed by atoms with Crippen LogP contribution in [-0.4, -0.2) is 26.5 Å². The first kappa shape index (κ1) is 19.1. The average molecular weight is 407 g/mol. The average Bonchev–Trinajstić information content (AvgIpc) is 3.30.